The number of halogens is 3. The van der Waals surface area contributed by atoms with Gasteiger partial charge >= 0.3 is 12.1 Å². The molecule has 9 nitrogen and oxygen atoms in total. The number of rotatable bonds is 6. The summed E-state index contributed by atoms with van der Waals surface area (Å²) in [4.78, 5) is 25.7. The van der Waals surface area contributed by atoms with Gasteiger partial charge in [0.25, 0.3) is 5.91 Å². The molecule has 0 aromatic rings. The Morgan fingerprint density at radius 2 is 2.00 bits per heavy atom. The van der Waals surface area contributed by atoms with Gasteiger partial charge in [-0.3, -0.25) is 9.59 Å². The number of alkyl halides is 3. The molecule has 4 N–H and O–H groups in total. The average Bonchev–Trinajstić information content (AvgIpc) is 2.93. The standard InChI is InChI=1S/C17H24F3N3O6S/c1-8(2)3-4-22(15(28)17(18,19)20)5-9-6-23(16(30)21-13(9)27)14-12(26)11(25)10(7-24)29-14/h3,6,10-12,14,16,24-26,30H,4-5,7H2,1-2H3,(H,21,27)/t10-,11?,12?,14-,16?/m1/s1. The van der Waals surface area contributed by atoms with Crippen molar-refractivity contribution in [3.63, 3.8) is 0 Å². The van der Waals surface area contributed by atoms with Gasteiger partial charge in [-0.2, -0.15) is 13.2 Å². The molecule has 0 radical (unpaired) electrons. The molecule has 13 heteroatoms. The van der Waals surface area contributed by atoms with E-state index in [2.05, 4.69) is 17.9 Å². The topological polar surface area (TPSA) is 123 Å². The fraction of sp³-hybridized carbons (Fsp3) is 0.647. The number of carbonyl (C=O) groups excluding carboxylic acids is 2. The summed E-state index contributed by atoms with van der Waals surface area (Å²) in [7, 11) is 0. The molecule has 30 heavy (non-hydrogen) atoms. The van der Waals surface area contributed by atoms with Gasteiger partial charge in [0.15, 0.2) is 6.23 Å². The molecule has 2 rings (SSSR count). The molecule has 0 spiro atoms. The van der Waals surface area contributed by atoms with Crippen molar-refractivity contribution >= 4 is 24.4 Å². The molecular formula is C17H24F3N3O6S. The molecule has 5 atom stereocenters. The van der Waals surface area contributed by atoms with Crippen LogP contribution in [0.15, 0.2) is 23.4 Å². The summed E-state index contributed by atoms with van der Waals surface area (Å²) >= 11 is 4.15. The molecule has 1 saturated heterocycles. The lowest BCUT2D eigenvalue weighted by atomic mass is 10.1. The SMILES string of the molecule is CC(C)=CCN(CC1=CN([C@@H]2O[C@H](CO)C(O)C2O)C(S)NC1=O)C(=O)C(F)(F)F. The highest BCUT2D eigenvalue weighted by molar-refractivity contribution is 7.80. The Hall–Kier alpha value is -1.80. The van der Waals surface area contributed by atoms with Crippen LogP contribution in [0, 0.1) is 0 Å². The van der Waals surface area contributed by atoms with Crippen molar-refractivity contribution in [2.75, 3.05) is 19.7 Å². The maximum atomic E-state index is 13.0. The van der Waals surface area contributed by atoms with Crippen LogP contribution in [0.1, 0.15) is 13.8 Å². The summed E-state index contributed by atoms with van der Waals surface area (Å²) in [5.74, 6) is -2.86. The lowest BCUT2D eigenvalue weighted by molar-refractivity contribution is -0.184. The highest BCUT2D eigenvalue weighted by Gasteiger charge is 2.47. The first-order valence-electron chi connectivity index (χ1n) is 8.95. The van der Waals surface area contributed by atoms with E-state index in [1.165, 1.54) is 11.0 Å². The molecule has 3 unspecified atom stereocenters. The molecule has 170 valence electrons. The van der Waals surface area contributed by atoms with Crippen LogP contribution in [-0.2, 0) is 14.3 Å². The number of hydrogen-bond acceptors (Lipinski definition) is 8. The smallest absolute Gasteiger partial charge is 0.394 e. The van der Waals surface area contributed by atoms with Crippen molar-refractivity contribution < 1.29 is 42.8 Å². The van der Waals surface area contributed by atoms with Gasteiger partial charge in [0.1, 0.15) is 23.8 Å². The molecule has 1 fully saturated rings. The number of hydrogen-bond donors (Lipinski definition) is 5. The number of amides is 2. The zero-order valence-corrected chi connectivity index (χ0v) is 17.1. The molecule has 2 aliphatic heterocycles. The molecule has 0 aliphatic carbocycles. The predicted molar refractivity (Wildman–Crippen MR) is 101 cm³/mol. The largest absolute Gasteiger partial charge is 0.471 e. The number of thiol groups is 1. The van der Waals surface area contributed by atoms with Gasteiger partial charge in [-0.05, 0) is 13.8 Å². The molecule has 2 amide bonds. The van der Waals surface area contributed by atoms with Crippen LogP contribution in [0.25, 0.3) is 0 Å². The van der Waals surface area contributed by atoms with Crippen LogP contribution >= 0.6 is 12.6 Å². The van der Waals surface area contributed by atoms with Crippen LogP contribution < -0.4 is 5.32 Å². The van der Waals surface area contributed by atoms with Crippen molar-refractivity contribution in [1.29, 1.82) is 0 Å². The number of aliphatic hydroxyl groups excluding tert-OH is 3. The summed E-state index contributed by atoms with van der Waals surface area (Å²) in [6, 6.07) is 0. The maximum absolute atomic E-state index is 13.0. The predicted octanol–water partition coefficient (Wildman–Crippen LogP) is -0.688. The fourth-order valence-corrected chi connectivity index (χ4v) is 3.26. The lowest BCUT2D eigenvalue weighted by Crippen LogP contribution is -2.55. The van der Waals surface area contributed by atoms with Gasteiger partial charge in [0.2, 0.25) is 0 Å². The fourth-order valence-electron chi connectivity index (χ4n) is 2.94. The number of nitrogens with zero attached hydrogens (tertiary/aromatic N) is 2. The normalized spacial score (nSPS) is 29.4. The van der Waals surface area contributed by atoms with Crippen LogP contribution in [0.2, 0.25) is 0 Å². The highest BCUT2D eigenvalue weighted by Crippen LogP contribution is 2.29. The Morgan fingerprint density at radius 1 is 1.37 bits per heavy atom. The second kappa shape index (κ2) is 9.56. The zero-order valence-electron chi connectivity index (χ0n) is 16.2. The Kier molecular flexibility index (Phi) is 7.80. The minimum atomic E-state index is -5.13. The van der Waals surface area contributed by atoms with Gasteiger partial charge in [-0.25, -0.2) is 0 Å². The van der Waals surface area contributed by atoms with Gasteiger partial charge < -0.3 is 35.2 Å². The number of ether oxygens (including phenoxy) is 1. The Bertz CT molecular complexity index is 728. The minimum Gasteiger partial charge on any atom is -0.394 e. The van der Waals surface area contributed by atoms with Crippen molar-refractivity contribution in [1.82, 2.24) is 15.1 Å². The Morgan fingerprint density at radius 3 is 2.50 bits per heavy atom. The van der Waals surface area contributed by atoms with E-state index >= 15 is 0 Å². The van der Waals surface area contributed by atoms with Crippen LogP contribution in [-0.4, -0.2) is 92.8 Å². The van der Waals surface area contributed by atoms with Crippen molar-refractivity contribution in [2.24, 2.45) is 0 Å². The van der Waals surface area contributed by atoms with E-state index < -0.39 is 61.2 Å². The molecule has 2 aliphatic rings. The third-order valence-electron chi connectivity index (χ3n) is 4.56. The van der Waals surface area contributed by atoms with E-state index in [0.717, 1.165) is 6.20 Å². The second-order valence-corrected chi connectivity index (χ2v) is 7.63. The summed E-state index contributed by atoms with van der Waals surface area (Å²) < 4.78 is 44.3. The maximum Gasteiger partial charge on any atom is 0.471 e. The van der Waals surface area contributed by atoms with Gasteiger partial charge in [0, 0.05) is 12.7 Å². The van der Waals surface area contributed by atoms with Crippen molar-refractivity contribution in [2.45, 2.75) is 50.1 Å². The number of aliphatic hydroxyl groups is 3. The third kappa shape index (κ3) is 5.46. The zero-order chi connectivity index (χ0) is 22.8. The number of carbonyl (C=O) groups is 2. The van der Waals surface area contributed by atoms with Gasteiger partial charge in [-0.1, -0.05) is 11.6 Å². The molecule has 2 heterocycles. The van der Waals surface area contributed by atoms with E-state index in [1.807, 2.05) is 0 Å². The quantitative estimate of drug-likeness (QED) is 0.266. The average molecular weight is 455 g/mol. The van der Waals surface area contributed by atoms with E-state index in [1.54, 1.807) is 13.8 Å². The van der Waals surface area contributed by atoms with E-state index in [-0.39, 0.29) is 12.1 Å². The summed E-state index contributed by atoms with van der Waals surface area (Å²) in [6.07, 6.45) is -7.83. The first-order chi connectivity index (χ1) is 13.9. The summed E-state index contributed by atoms with van der Waals surface area (Å²) in [6.45, 7) is 1.68. The number of allylic oxidation sites excluding steroid dienone is 1. The molecule has 0 aromatic carbocycles. The minimum absolute atomic E-state index is 0.210. The number of nitrogens with one attached hydrogen (secondary N) is 1. The van der Waals surface area contributed by atoms with Crippen molar-refractivity contribution in [3.8, 4) is 0 Å². The Labute approximate surface area is 176 Å². The van der Waals surface area contributed by atoms with Crippen molar-refractivity contribution in [3.05, 3.63) is 23.4 Å². The first kappa shape index (κ1) is 24.5. The highest BCUT2D eigenvalue weighted by atomic mass is 32.1. The third-order valence-corrected chi connectivity index (χ3v) is 4.96. The molecule has 0 bridgehead atoms. The first-order valence-corrected chi connectivity index (χ1v) is 9.47. The van der Waals surface area contributed by atoms with E-state index in [4.69, 9.17) is 4.74 Å². The Balaban J connectivity index is 2.30. The van der Waals surface area contributed by atoms with Crippen LogP contribution in [0.3, 0.4) is 0 Å². The van der Waals surface area contributed by atoms with Gasteiger partial charge in [0.05, 0.1) is 18.7 Å². The van der Waals surface area contributed by atoms with E-state index in [0.29, 0.717) is 10.5 Å². The summed E-state index contributed by atoms with van der Waals surface area (Å²) in [5, 5.41) is 31.7. The van der Waals surface area contributed by atoms with Gasteiger partial charge in [-0.15, -0.1) is 12.6 Å². The monoisotopic (exact) mass is 455 g/mol. The van der Waals surface area contributed by atoms with Crippen LogP contribution in [0.5, 0.6) is 0 Å². The van der Waals surface area contributed by atoms with Crippen LogP contribution in [0.4, 0.5) is 13.2 Å². The van der Waals surface area contributed by atoms with E-state index in [9.17, 15) is 38.1 Å². The molecular weight excluding hydrogens is 431 g/mol. The second-order valence-electron chi connectivity index (χ2n) is 7.14. The lowest BCUT2D eigenvalue weighted by Gasteiger charge is -2.38. The molecule has 0 saturated carbocycles. The summed E-state index contributed by atoms with van der Waals surface area (Å²) in [5.41, 5.74) is -0.562. The molecule has 0 aromatic heterocycles.